The van der Waals surface area contributed by atoms with Crippen molar-refractivity contribution in [1.82, 2.24) is 10.2 Å². The predicted molar refractivity (Wildman–Crippen MR) is 109 cm³/mol. The molecule has 0 spiro atoms. The molecule has 0 radical (unpaired) electrons. The summed E-state index contributed by atoms with van der Waals surface area (Å²) in [7, 11) is 0. The van der Waals surface area contributed by atoms with Crippen LogP contribution in [0.2, 0.25) is 0 Å². The molecule has 2 amide bonds. The number of amides is 2. The van der Waals surface area contributed by atoms with E-state index in [-0.39, 0.29) is 17.1 Å². The Hall–Kier alpha value is -2.78. The molecule has 3 aromatic rings. The SMILES string of the molecule is Cc1nnc(NC(=O)C(C)Sc2cccc(NC(=O)c3ccc(F)cc3)c2)s1. The third kappa shape index (κ3) is 5.37. The Kier molecular flexibility index (Phi) is 6.37. The molecule has 9 heteroatoms. The Labute approximate surface area is 169 Å². The molecule has 0 bridgehead atoms. The van der Waals surface area contributed by atoms with Crippen LogP contribution in [0.4, 0.5) is 15.2 Å². The Morgan fingerprint density at radius 1 is 1.11 bits per heavy atom. The van der Waals surface area contributed by atoms with Crippen molar-refractivity contribution in [3.63, 3.8) is 0 Å². The summed E-state index contributed by atoms with van der Waals surface area (Å²) in [5, 5.41) is 14.1. The molecule has 1 heterocycles. The molecule has 0 fully saturated rings. The number of rotatable bonds is 6. The maximum Gasteiger partial charge on any atom is 0.255 e. The second kappa shape index (κ2) is 8.94. The zero-order chi connectivity index (χ0) is 20.1. The number of nitrogens with zero attached hydrogens (tertiary/aromatic N) is 2. The van der Waals surface area contributed by atoms with Crippen molar-refractivity contribution in [3.05, 3.63) is 64.9 Å². The van der Waals surface area contributed by atoms with E-state index in [4.69, 9.17) is 0 Å². The van der Waals surface area contributed by atoms with Gasteiger partial charge in [0.2, 0.25) is 11.0 Å². The first-order valence-corrected chi connectivity index (χ1v) is 10.0. The predicted octanol–water partition coefficient (Wildman–Crippen LogP) is 4.36. The van der Waals surface area contributed by atoms with Crippen LogP contribution in [0, 0.1) is 12.7 Å². The summed E-state index contributed by atoms with van der Waals surface area (Å²) in [5.74, 6) is -0.910. The normalized spacial score (nSPS) is 11.7. The van der Waals surface area contributed by atoms with Gasteiger partial charge in [0.05, 0.1) is 5.25 Å². The molecule has 2 aromatic carbocycles. The maximum atomic E-state index is 13.0. The lowest BCUT2D eigenvalue weighted by atomic mass is 10.2. The van der Waals surface area contributed by atoms with Gasteiger partial charge in [-0.25, -0.2) is 4.39 Å². The van der Waals surface area contributed by atoms with Crippen LogP contribution >= 0.6 is 23.1 Å². The summed E-state index contributed by atoms with van der Waals surface area (Å²) in [6, 6.07) is 12.5. The first-order valence-electron chi connectivity index (χ1n) is 8.35. The molecule has 3 rings (SSSR count). The number of aromatic nitrogens is 2. The van der Waals surface area contributed by atoms with Crippen molar-refractivity contribution in [2.45, 2.75) is 24.0 Å². The highest BCUT2D eigenvalue weighted by Gasteiger charge is 2.16. The van der Waals surface area contributed by atoms with Gasteiger partial charge in [0.15, 0.2) is 0 Å². The van der Waals surface area contributed by atoms with Crippen molar-refractivity contribution in [2.75, 3.05) is 10.6 Å². The second-order valence-electron chi connectivity index (χ2n) is 5.86. The van der Waals surface area contributed by atoms with Crippen molar-refractivity contribution >= 4 is 45.7 Å². The van der Waals surface area contributed by atoms with Crippen molar-refractivity contribution in [2.24, 2.45) is 0 Å². The minimum absolute atomic E-state index is 0.179. The third-order valence-electron chi connectivity index (χ3n) is 3.64. The highest BCUT2D eigenvalue weighted by atomic mass is 32.2. The standard InChI is InChI=1S/C19H17FN4O2S2/c1-11(17(25)22-19-24-23-12(2)28-19)27-16-5-3-4-15(10-16)21-18(26)13-6-8-14(20)9-7-13/h3-11H,1-2H3,(H,21,26)(H,22,24,25). The smallest absolute Gasteiger partial charge is 0.255 e. The highest BCUT2D eigenvalue weighted by Crippen LogP contribution is 2.27. The van der Waals surface area contributed by atoms with Gasteiger partial charge in [-0.15, -0.1) is 22.0 Å². The minimum atomic E-state index is -0.397. The summed E-state index contributed by atoms with van der Waals surface area (Å²) in [6.07, 6.45) is 0. The van der Waals surface area contributed by atoms with Crippen LogP contribution in [-0.2, 0) is 4.79 Å². The van der Waals surface area contributed by atoms with Crippen LogP contribution < -0.4 is 10.6 Å². The third-order valence-corrected chi connectivity index (χ3v) is 5.48. The second-order valence-corrected chi connectivity index (χ2v) is 8.46. The Morgan fingerprint density at radius 3 is 2.54 bits per heavy atom. The number of hydrogen-bond acceptors (Lipinski definition) is 6. The number of anilines is 2. The van der Waals surface area contributed by atoms with Crippen molar-refractivity contribution in [3.8, 4) is 0 Å². The highest BCUT2D eigenvalue weighted by molar-refractivity contribution is 8.00. The number of carbonyl (C=O) groups is 2. The van der Waals surface area contributed by atoms with Crippen LogP contribution in [0.5, 0.6) is 0 Å². The van der Waals surface area contributed by atoms with Gasteiger partial charge < -0.3 is 5.32 Å². The number of benzene rings is 2. The van der Waals surface area contributed by atoms with Crippen LogP contribution in [0.1, 0.15) is 22.3 Å². The molecule has 6 nitrogen and oxygen atoms in total. The number of nitrogens with one attached hydrogen (secondary N) is 2. The first kappa shape index (κ1) is 20.0. The molecular formula is C19H17FN4O2S2. The molecular weight excluding hydrogens is 399 g/mol. The van der Waals surface area contributed by atoms with Gasteiger partial charge in [-0.3, -0.25) is 14.9 Å². The van der Waals surface area contributed by atoms with Gasteiger partial charge in [-0.05, 0) is 56.3 Å². The van der Waals surface area contributed by atoms with Gasteiger partial charge in [0.25, 0.3) is 5.91 Å². The van der Waals surface area contributed by atoms with E-state index in [2.05, 4.69) is 20.8 Å². The molecule has 0 saturated heterocycles. The van der Waals surface area contributed by atoms with Gasteiger partial charge in [0, 0.05) is 16.1 Å². The molecule has 0 aliphatic rings. The van der Waals surface area contributed by atoms with E-state index in [9.17, 15) is 14.0 Å². The minimum Gasteiger partial charge on any atom is -0.322 e. The number of hydrogen-bond donors (Lipinski definition) is 2. The van der Waals surface area contributed by atoms with E-state index >= 15 is 0 Å². The Bertz CT molecular complexity index is 992. The lowest BCUT2D eigenvalue weighted by Crippen LogP contribution is -2.22. The van der Waals surface area contributed by atoms with E-state index in [1.165, 1.54) is 47.4 Å². The molecule has 0 aliphatic carbocycles. The molecule has 0 saturated carbocycles. The van der Waals surface area contributed by atoms with Crippen LogP contribution in [0.15, 0.2) is 53.4 Å². The summed E-state index contributed by atoms with van der Waals surface area (Å²) >= 11 is 2.67. The number of thioether (sulfide) groups is 1. The van der Waals surface area contributed by atoms with E-state index < -0.39 is 5.82 Å². The van der Waals surface area contributed by atoms with Crippen LogP contribution in [0.25, 0.3) is 0 Å². The molecule has 1 aromatic heterocycles. The average molecular weight is 417 g/mol. The van der Waals surface area contributed by atoms with E-state index in [1.807, 2.05) is 13.0 Å². The van der Waals surface area contributed by atoms with E-state index in [0.717, 1.165) is 9.90 Å². The van der Waals surface area contributed by atoms with E-state index in [1.54, 1.807) is 25.1 Å². The number of carbonyl (C=O) groups excluding carboxylic acids is 2. The maximum absolute atomic E-state index is 13.0. The topological polar surface area (TPSA) is 84.0 Å². The molecule has 28 heavy (non-hydrogen) atoms. The van der Waals surface area contributed by atoms with Gasteiger partial charge >= 0.3 is 0 Å². The lowest BCUT2D eigenvalue weighted by Gasteiger charge is -2.12. The van der Waals surface area contributed by atoms with Gasteiger partial charge in [-0.2, -0.15) is 0 Å². The van der Waals surface area contributed by atoms with Gasteiger partial charge in [-0.1, -0.05) is 17.4 Å². The fourth-order valence-electron chi connectivity index (χ4n) is 2.26. The first-order chi connectivity index (χ1) is 13.4. The quantitative estimate of drug-likeness (QED) is 0.584. The zero-order valence-electron chi connectivity index (χ0n) is 15.1. The van der Waals surface area contributed by atoms with Crippen molar-refractivity contribution in [1.29, 1.82) is 0 Å². The molecule has 1 unspecified atom stereocenters. The van der Waals surface area contributed by atoms with E-state index in [0.29, 0.717) is 16.4 Å². The Morgan fingerprint density at radius 2 is 1.86 bits per heavy atom. The largest absolute Gasteiger partial charge is 0.322 e. The fraction of sp³-hybridized carbons (Fsp3) is 0.158. The molecule has 1 atom stereocenters. The lowest BCUT2D eigenvalue weighted by molar-refractivity contribution is -0.115. The van der Waals surface area contributed by atoms with Crippen molar-refractivity contribution < 1.29 is 14.0 Å². The van der Waals surface area contributed by atoms with Gasteiger partial charge in [0.1, 0.15) is 10.8 Å². The molecule has 144 valence electrons. The van der Waals surface area contributed by atoms with Crippen LogP contribution in [-0.4, -0.2) is 27.3 Å². The summed E-state index contributed by atoms with van der Waals surface area (Å²) < 4.78 is 13.0. The molecule has 0 aliphatic heterocycles. The summed E-state index contributed by atoms with van der Waals surface area (Å²) in [4.78, 5) is 25.4. The number of aryl methyl sites for hydroxylation is 1. The average Bonchev–Trinajstić information content (AvgIpc) is 3.07. The van der Waals surface area contributed by atoms with Crippen LogP contribution in [0.3, 0.4) is 0 Å². The zero-order valence-corrected chi connectivity index (χ0v) is 16.7. The monoisotopic (exact) mass is 416 g/mol. The Balaban J connectivity index is 1.61. The summed E-state index contributed by atoms with van der Waals surface area (Å²) in [6.45, 7) is 3.61. The summed E-state index contributed by atoms with van der Waals surface area (Å²) in [5.41, 5.74) is 0.950. The fourth-order valence-corrected chi connectivity index (χ4v) is 3.78. The number of halogens is 1. The molecule has 2 N–H and O–H groups in total.